The maximum Gasteiger partial charge on any atom is 0.303 e. The Morgan fingerprint density at radius 3 is 1.81 bits per heavy atom. The van der Waals surface area contributed by atoms with Gasteiger partial charge in [-0.1, -0.05) is 48.5 Å². The average Bonchev–Trinajstić information content (AvgIpc) is 2.46. The number of carboxylic acids is 1. The van der Waals surface area contributed by atoms with Crippen LogP contribution in [-0.2, 0) is 17.8 Å². The molecule has 0 bridgehead atoms. The standard InChI is InChI=1S/C18H21NO2/c1-19(2)13-15-5-10-17(11-6-15)16-8-3-14(4-9-16)7-12-18(20)21/h3-6,8-11H,7,12-13H2,1-2H3,(H,20,21). The molecule has 0 aliphatic carbocycles. The Labute approximate surface area is 125 Å². The van der Waals surface area contributed by atoms with Gasteiger partial charge < -0.3 is 10.0 Å². The molecule has 1 N–H and O–H groups in total. The number of carboxylic acid groups (broad SMARTS) is 1. The predicted octanol–water partition coefficient (Wildman–Crippen LogP) is 3.43. The van der Waals surface area contributed by atoms with Gasteiger partial charge in [0.05, 0.1) is 0 Å². The van der Waals surface area contributed by atoms with Crippen molar-refractivity contribution in [2.24, 2.45) is 0 Å². The molecule has 2 aromatic rings. The molecule has 0 heterocycles. The molecule has 0 atom stereocenters. The molecule has 0 spiro atoms. The first-order chi connectivity index (χ1) is 10.0. The molecule has 0 radical (unpaired) electrons. The van der Waals surface area contributed by atoms with Gasteiger partial charge in [-0.15, -0.1) is 0 Å². The van der Waals surface area contributed by atoms with Crippen LogP contribution >= 0.6 is 0 Å². The predicted molar refractivity (Wildman–Crippen MR) is 85.2 cm³/mol. The van der Waals surface area contributed by atoms with Crippen molar-refractivity contribution in [2.45, 2.75) is 19.4 Å². The monoisotopic (exact) mass is 283 g/mol. The van der Waals surface area contributed by atoms with Gasteiger partial charge in [-0.2, -0.15) is 0 Å². The van der Waals surface area contributed by atoms with E-state index in [0.717, 1.165) is 17.7 Å². The molecule has 0 aromatic heterocycles. The molecule has 0 aliphatic rings. The summed E-state index contributed by atoms with van der Waals surface area (Å²) < 4.78 is 0. The molecule has 0 saturated carbocycles. The molecule has 2 aromatic carbocycles. The minimum atomic E-state index is -0.754. The van der Waals surface area contributed by atoms with Crippen LogP contribution in [0.25, 0.3) is 11.1 Å². The molecule has 0 saturated heterocycles. The van der Waals surface area contributed by atoms with E-state index in [9.17, 15) is 4.79 Å². The van der Waals surface area contributed by atoms with Crippen LogP contribution < -0.4 is 0 Å². The Balaban J connectivity index is 2.06. The van der Waals surface area contributed by atoms with Crippen LogP contribution in [0.15, 0.2) is 48.5 Å². The van der Waals surface area contributed by atoms with Gasteiger partial charge in [-0.05, 0) is 42.8 Å². The quantitative estimate of drug-likeness (QED) is 0.883. The van der Waals surface area contributed by atoms with E-state index >= 15 is 0 Å². The zero-order chi connectivity index (χ0) is 15.2. The van der Waals surface area contributed by atoms with E-state index in [-0.39, 0.29) is 6.42 Å². The van der Waals surface area contributed by atoms with E-state index in [1.54, 1.807) is 0 Å². The molecule has 0 fully saturated rings. The van der Waals surface area contributed by atoms with E-state index in [2.05, 4.69) is 55.4 Å². The van der Waals surface area contributed by atoms with Crippen molar-refractivity contribution in [1.82, 2.24) is 4.90 Å². The van der Waals surface area contributed by atoms with Crippen molar-refractivity contribution in [3.63, 3.8) is 0 Å². The Hall–Kier alpha value is -2.13. The second kappa shape index (κ2) is 7.04. The number of benzene rings is 2. The molecule has 0 amide bonds. The first-order valence-corrected chi connectivity index (χ1v) is 7.09. The van der Waals surface area contributed by atoms with E-state index in [1.807, 2.05) is 12.1 Å². The number of hydrogen-bond donors (Lipinski definition) is 1. The molecule has 3 heteroatoms. The van der Waals surface area contributed by atoms with Crippen LogP contribution in [0, 0.1) is 0 Å². The van der Waals surface area contributed by atoms with Gasteiger partial charge in [0.1, 0.15) is 0 Å². The lowest BCUT2D eigenvalue weighted by atomic mass is 10.0. The molecular formula is C18H21NO2. The Bertz CT molecular complexity index is 586. The maximum absolute atomic E-state index is 10.6. The third-order valence-electron chi connectivity index (χ3n) is 3.37. The normalized spacial score (nSPS) is 10.8. The van der Waals surface area contributed by atoms with E-state index < -0.39 is 5.97 Å². The van der Waals surface area contributed by atoms with Gasteiger partial charge >= 0.3 is 5.97 Å². The molecule has 0 unspecified atom stereocenters. The highest BCUT2D eigenvalue weighted by atomic mass is 16.4. The lowest BCUT2D eigenvalue weighted by Gasteiger charge is -2.10. The second-order valence-corrected chi connectivity index (χ2v) is 5.53. The summed E-state index contributed by atoms with van der Waals surface area (Å²) >= 11 is 0. The summed E-state index contributed by atoms with van der Waals surface area (Å²) in [6, 6.07) is 16.7. The van der Waals surface area contributed by atoms with E-state index in [0.29, 0.717) is 6.42 Å². The third-order valence-corrected chi connectivity index (χ3v) is 3.37. The van der Waals surface area contributed by atoms with Crippen molar-refractivity contribution in [2.75, 3.05) is 14.1 Å². The zero-order valence-corrected chi connectivity index (χ0v) is 12.5. The van der Waals surface area contributed by atoms with Crippen molar-refractivity contribution in [1.29, 1.82) is 0 Å². The Morgan fingerprint density at radius 1 is 0.905 bits per heavy atom. The minimum absolute atomic E-state index is 0.179. The second-order valence-electron chi connectivity index (χ2n) is 5.53. The van der Waals surface area contributed by atoms with E-state index in [1.165, 1.54) is 11.1 Å². The largest absolute Gasteiger partial charge is 0.481 e. The maximum atomic E-state index is 10.6. The first kappa shape index (κ1) is 15.3. The number of carbonyl (C=O) groups is 1. The fourth-order valence-electron chi connectivity index (χ4n) is 2.28. The summed E-state index contributed by atoms with van der Waals surface area (Å²) in [5, 5.41) is 8.69. The average molecular weight is 283 g/mol. The summed E-state index contributed by atoms with van der Waals surface area (Å²) in [4.78, 5) is 12.7. The lowest BCUT2D eigenvalue weighted by molar-refractivity contribution is -0.136. The molecule has 21 heavy (non-hydrogen) atoms. The molecular weight excluding hydrogens is 262 g/mol. The highest BCUT2D eigenvalue weighted by molar-refractivity contribution is 5.67. The molecule has 0 aliphatic heterocycles. The summed E-state index contributed by atoms with van der Waals surface area (Å²) in [6.45, 7) is 0.939. The van der Waals surface area contributed by atoms with Crippen LogP contribution in [0.3, 0.4) is 0 Å². The van der Waals surface area contributed by atoms with Crippen LogP contribution in [0.4, 0.5) is 0 Å². The fraction of sp³-hybridized carbons (Fsp3) is 0.278. The first-order valence-electron chi connectivity index (χ1n) is 7.09. The van der Waals surface area contributed by atoms with Crippen LogP contribution in [-0.4, -0.2) is 30.1 Å². The summed E-state index contributed by atoms with van der Waals surface area (Å²) in [7, 11) is 4.12. The summed E-state index contributed by atoms with van der Waals surface area (Å²) in [5.41, 5.74) is 4.69. The molecule has 3 nitrogen and oxygen atoms in total. The van der Waals surface area contributed by atoms with Gasteiger partial charge in [-0.25, -0.2) is 0 Å². The number of aliphatic carboxylic acids is 1. The van der Waals surface area contributed by atoms with Gasteiger partial charge in [0.2, 0.25) is 0 Å². The molecule has 2 rings (SSSR count). The van der Waals surface area contributed by atoms with Crippen LogP contribution in [0.2, 0.25) is 0 Å². The fourth-order valence-corrected chi connectivity index (χ4v) is 2.28. The highest BCUT2D eigenvalue weighted by Crippen LogP contribution is 2.21. The zero-order valence-electron chi connectivity index (χ0n) is 12.5. The van der Waals surface area contributed by atoms with Crippen LogP contribution in [0.5, 0.6) is 0 Å². The van der Waals surface area contributed by atoms with Gasteiger partial charge in [0.15, 0.2) is 0 Å². The van der Waals surface area contributed by atoms with Crippen LogP contribution in [0.1, 0.15) is 17.5 Å². The smallest absolute Gasteiger partial charge is 0.303 e. The Morgan fingerprint density at radius 2 is 1.38 bits per heavy atom. The Kier molecular flexibility index (Phi) is 5.12. The topological polar surface area (TPSA) is 40.5 Å². The number of aryl methyl sites for hydroxylation is 1. The van der Waals surface area contributed by atoms with Gasteiger partial charge in [0.25, 0.3) is 0 Å². The highest BCUT2D eigenvalue weighted by Gasteiger charge is 2.02. The summed E-state index contributed by atoms with van der Waals surface area (Å²) in [5.74, 6) is -0.754. The molecule has 110 valence electrons. The number of rotatable bonds is 6. The third kappa shape index (κ3) is 4.72. The SMILES string of the molecule is CN(C)Cc1ccc(-c2ccc(CCC(=O)O)cc2)cc1. The minimum Gasteiger partial charge on any atom is -0.481 e. The van der Waals surface area contributed by atoms with Crippen molar-refractivity contribution < 1.29 is 9.90 Å². The lowest BCUT2D eigenvalue weighted by Crippen LogP contribution is -2.10. The van der Waals surface area contributed by atoms with Gasteiger partial charge in [-0.3, -0.25) is 4.79 Å². The van der Waals surface area contributed by atoms with E-state index in [4.69, 9.17) is 5.11 Å². The number of hydrogen-bond acceptors (Lipinski definition) is 2. The van der Waals surface area contributed by atoms with Crippen molar-refractivity contribution in [3.8, 4) is 11.1 Å². The summed E-state index contributed by atoms with van der Waals surface area (Å²) in [6.07, 6.45) is 0.760. The van der Waals surface area contributed by atoms with Gasteiger partial charge in [0, 0.05) is 13.0 Å². The van der Waals surface area contributed by atoms with Crippen molar-refractivity contribution in [3.05, 3.63) is 59.7 Å². The number of nitrogens with zero attached hydrogens (tertiary/aromatic N) is 1. The van der Waals surface area contributed by atoms with Crippen molar-refractivity contribution >= 4 is 5.97 Å².